The summed E-state index contributed by atoms with van der Waals surface area (Å²) in [6.45, 7) is 5.12. The standard InChI is InChI=1S/C26H30N2O5/c1-16-7-9-20(17(2)12-16)28-25(30)23(19-8-10-21(32-3)22(13-19)33-4)24(26(28)31)27-11-5-6-18(14-27)15-29/h7-10,12-13,18,29H,5-6,11,14-15H2,1-4H3. The number of hydrogen-bond acceptors (Lipinski definition) is 6. The number of likely N-dealkylation sites (tertiary alicyclic amines) is 1. The number of ether oxygens (including phenoxy) is 2. The van der Waals surface area contributed by atoms with Crippen LogP contribution in [0.1, 0.15) is 29.5 Å². The molecule has 2 aromatic rings. The Morgan fingerprint density at radius 1 is 1.00 bits per heavy atom. The summed E-state index contributed by atoms with van der Waals surface area (Å²) in [7, 11) is 3.09. The highest BCUT2D eigenvalue weighted by molar-refractivity contribution is 6.45. The summed E-state index contributed by atoms with van der Waals surface area (Å²) in [4.78, 5) is 30.8. The highest BCUT2D eigenvalue weighted by atomic mass is 16.5. The van der Waals surface area contributed by atoms with Crippen molar-refractivity contribution in [3.8, 4) is 11.5 Å². The van der Waals surface area contributed by atoms with Crippen molar-refractivity contribution < 1.29 is 24.2 Å². The molecule has 1 N–H and O–H groups in total. The van der Waals surface area contributed by atoms with E-state index in [-0.39, 0.29) is 24.3 Å². The van der Waals surface area contributed by atoms with E-state index < -0.39 is 0 Å². The van der Waals surface area contributed by atoms with E-state index >= 15 is 0 Å². The van der Waals surface area contributed by atoms with E-state index in [0.29, 0.717) is 47.1 Å². The molecule has 0 aromatic heterocycles. The number of hydrogen-bond donors (Lipinski definition) is 1. The predicted octanol–water partition coefficient (Wildman–Crippen LogP) is 3.31. The van der Waals surface area contributed by atoms with Crippen LogP contribution in [0, 0.1) is 19.8 Å². The van der Waals surface area contributed by atoms with Gasteiger partial charge in [0, 0.05) is 19.7 Å². The second-order valence-electron chi connectivity index (χ2n) is 8.67. The van der Waals surface area contributed by atoms with E-state index in [4.69, 9.17) is 9.47 Å². The van der Waals surface area contributed by atoms with Crippen molar-refractivity contribution in [1.29, 1.82) is 0 Å². The predicted molar refractivity (Wildman–Crippen MR) is 126 cm³/mol. The third kappa shape index (κ3) is 4.09. The van der Waals surface area contributed by atoms with Gasteiger partial charge in [-0.3, -0.25) is 9.59 Å². The monoisotopic (exact) mass is 450 g/mol. The Morgan fingerprint density at radius 3 is 2.42 bits per heavy atom. The van der Waals surface area contributed by atoms with Crippen LogP contribution >= 0.6 is 0 Å². The van der Waals surface area contributed by atoms with Crippen LogP contribution in [0.4, 0.5) is 5.69 Å². The molecule has 0 bridgehead atoms. The fraction of sp³-hybridized carbons (Fsp3) is 0.385. The van der Waals surface area contributed by atoms with Crippen molar-refractivity contribution in [2.24, 2.45) is 5.92 Å². The maximum Gasteiger partial charge on any atom is 0.282 e. The van der Waals surface area contributed by atoms with Crippen LogP contribution in [-0.4, -0.2) is 55.7 Å². The molecule has 2 aliphatic rings. The number of anilines is 1. The molecule has 33 heavy (non-hydrogen) atoms. The highest BCUT2D eigenvalue weighted by Gasteiger charge is 2.44. The number of carbonyl (C=O) groups is 2. The lowest BCUT2D eigenvalue weighted by atomic mass is 9.96. The van der Waals surface area contributed by atoms with E-state index in [1.807, 2.05) is 36.9 Å². The molecule has 2 amide bonds. The van der Waals surface area contributed by atoms with Gasteiger partial charge in [-0.05, 0) is 61.9 Å². The van der Waals surface area contributed by atoms with E-state index in [0.717, 1.165) is 24.0 Å². The first kappa shape index (κ1) is 22.9. The molecule has 7 heteroatoms. The molecule has 0 radical (unpaired) electrons. The molecule has 4 rings (SSSR count). The molecule has 1 unspecified atom stereocenters. The average molecular weight is 451 g/mol. The van der Waals surface area contributed by atoms with Crippen molar-refractivity contribution in [2.75, 3.05) is 38.8 Å². The highest BCUT2D eigenvalue weighted by Crippen LogP contribution is 2.40. The Labute approximate surface area is 194 Å². The summed E-state index contributed by atoms with van der Waals surface area (Å²) in [6, 6.07) is 10.9. The van der Waals surface area contributed by atoms with Crippen LogP contribution < -0.4 is 14.4 Å². The molecule has 2 aliphatic heterocycles. The third-order valence-corrected chi connectivity index (χ3v) is 6.42. The third-order valence-electron chi connectivity index (χ3n) is 6.42. The van der Waals surface area contributed by atoms with Crippen LogP contribution in [-0.2, 0) is 9.59 Å². The molecule has 2 heterocycles. The Hall–Kier alpha value is -3.32. The zero-order valence-electron chi connectivity index (χ0n) is 19.6. The smallest absolute Gasteiger partial charge is 0.282 e. The molecule has 1 fully saturated rings. The molecular weight excluding hydrogens is 420 g/mol. The number of aryl methyl sites for hydroxylation is 2. The Balaban J connectivity index is 1.86. The Morgan fingerprint density at radius 2 is 1.76 bits per heavy atom. The molecule has 0 aliphatic carbocycles. The molecule has 0 spiro atoms. The van der Waals surface area contributed by atoms with E-state index in [9.17, 15) is 14.7 Å². The van der Waals surface area contributed by atoms with Gasteiger partial charge in [-0.2, -0.15) is 0 Å². The van der Waals surface area contributed by atoms with Crippen LogP contribution in [0.15, 0.2) is 42.1 Å². The number of benzene rings is 2. The van der Waals surface area contributed by atoms with Crippen LogP contribution in [0.25, 0.3) is 5.57 Å². The van der Waals surface area contributed by atoms with Gasteiger partial charge in [0.05, 0.1) is 25.5 Å². The summed E-state index contributed by atoms with van der Waals surface area (Å²) in [5.41, 5.74) is 3.82. The maximum atomic E-state index is 13.8. The molecule has 1 atom stereocenters. The number of aliphatic hydroxyl groups excluding tert-OH is 1. The van der Waals surface area contributed by atoms with E-state index in [2.05, 4.69) is 0 Å². The Bertz CT molecular complexity index is 1120. The molecule has 7 nitrogen and oxygen atoms in total. The van der Waals surface area contributed by atoms with Crippen molar-refractivity contribution in [3.63, 3.8) is 0 Å². The van der Waals surface area contributed by atoms with Crippen LogP contribution in [0.2, 0.25) is 0 Å². The number of nitrogens with zero attached hydrogens (tertiary/aromatic N) is 2. The van der Waals surface area contributed by atoms with Gasteiger partial charge >= 0.3 is 0 Å². The summed E-state index contributed by atoms with van der Waals surface area (Å²) in [6.07, 6.45) is 1.74. The first-order valence-electron chi connectivity index (χ1n) is 11.2. The molecule has 1 saturated heterocycles. The maximum absolute atomic E-state index is 13.8. The number of carbonyl (C=O) groups excluding carboxylic acids is 2. The zero-order chi connectivity index (χ0) is 23.7. The SMILES string of the molecule is COc1ccc(C2=C(N3CCCC(CO)C3)C(=O)N(c3ccc(C)cc3C)C2=O)cc1OC. The largest absolute Gasteiger partial charge is 0.493 e. The normalized spacial score (nSPS) is 18.9. The van der Waals surface area contributed by atoms with Crippen molar-refractivity contribution >= 4 is 23.1 Å². The fourth-order valence-electron chi connectivity index (χ4n) is 4.76. The van der Waals surface area contributed by atoms with Gasteiger partial charge in [0.2, 0.25) is 0 Å². The summed E-state index contributed by atoms with van der Waals surface area (Å²) >= 11 is 0. The van der Waals surface area contributed by atoms with Crippen molar-refractivity contribution in [2.45, 2.75) is 26.7 Å². The Kier molecular flexibility index (Phi) is 6.42. The minimum absolute atomic E-state index is 0.0540. The van der Waals surface area contributed by atoms with Gasteiger partial charge in [0.1, 0.15) is 5.70 Å². The quantitative estimate of drug-likeness (QED) is 0.681. The minimum Gasteiger partial charge on any atom is -0.493 e. The minimum atomic E-state index is -0.361. The molecule has 174 valence electrons. The second kappa shape index (κ2) is 9.27. The summed E-state index contributed by atoms with van der Waals surface area (Å²) in [5, 5.41) is 9.74. The first-order chi connectivity index (χ1) is 15.9. The van der Waals surface area contributed by atoms with Crippen molar-refractivity contribution in [3.05, 3.63) is 58.8 Å². The van der Waals surface area contributed by atoms with Crippen LogP contribution in [0.3, 0.4) is 0 Å². The van der Waals surface area contributed by atoms with Gasteiger partial charge in [0.15, 0.2) is 11.5 Å². The van der Waals surface area contributed by atoms with Crippen LogP contribution in [0.5, 0.6) is 11.5 Å². The first-order valence-corrected chi connectivity index (χ1v) is 11.2. The number of methoxy groups -OCH3 is 2. The number of amides is 2. The van der Waals surface area contributed by atoms with Crippen molar-refractivity contribution in [1.82, 2.24) is 4.90 Å². The molecule has 0 saturated carbocycles. The van der Waals surface area contributed by atoms with E-state index in [1.165, 1.54) is 12.0 Å². The summed E-state index contributed by atoms with van der Waals surface area (Å²) < 4.78 is 10.8. The van der Waals surface area contributed by atoms with Gasteiger partial charge in [-0.15, -0.1) is 0 Å². The topological polar surface area (TPSA) is 79.3 Å². The number of imide groups is 1. The van der Waals surface area contributed by atoms with E-state index in [1.54, 1.807) is 25.3 Å². The number of rotatable bonds is 6. The number of aliphatic hydroxyl groups is 1. The van der Waals surface area contributed by atoms with Gasteiger partial charge in [0.25, 0.3) is 11.8 Å². The molecule has 2 aromatic carbocycles. The lowest BCUT2D eigenvalue weighted by Gasteiger charge is -2.34. The van der Waals surface area contributed by atoms with Gasteiger partial charge in [-0.25, -0.2) is 4.90 Å². The molecular formula is C26H30N2O5. The number of piperidine rings is 1. The fourth-order valence-corrected chi connectivity index (χ4v) is 4.76. The zero-order valence-corrected chi connectivity index (χ0v) is 19.6. The second-order valence-corrected chi connectivity index (χ2v) is 8.67. The average Bonchev–Trinajstić information content (AvgIpc) is 3.08. The lowest BCUT2D eigenvalue weighted by molar-refractivity contribution is -0.120. The van der Waals surface area contributed by atoms with Gasteiger partial charge < -0.3 is 19.5 Å². The summed E-state index contributed by atoms with van der Waals surface area (Å²) in [5.74, 6) is 0.398. The van der Waals surface area contributed by atoms with Gasteiger partial charge in [-0.1, -0.05) is 23.8 Å². The lowest BCUT2D eigenvalue weighted by Crippen LogP contribution is -2.40.